The van der Waals surface area contributed by atoms with Gasteiger partial charge in [0.1, 0.15) is 11.3 Å². The number of amides is 2. The molecule has 2 aromatic carbocycles. The molecule has 2 heterocycles. The molecule has 4 rings (SSSR count). The molecular weight excluding hydrogens is 448 g/mol. The molecule has 1 saturated heterocycles. The van der Waals surface area contributed by atoms with Crippen LogP contribution in [0.5, 0.6) is 17.2 Å². The number of hydrogen-bond donors (Lipinski definition) is 1. The summed E-state index contributed by atoms with van der Waals surface area (Å²) in [7, 11) is 1.49. The fourth-order valence-corrected chi connectivity index (χ4v) is 3.56. The van der Waals surface area contributed by atoms with Crippen molar-refractivity contribution in [2.75, 3.05) is 18.8 Å². The van der Waals surface area contributed by atoms with Crippen molar-refractivity contribution >= 4 is 56.8 Å². The molecule has 2 aliphatic rings. The number of rotatable bonds is 3. The minimum absolute atomic E-state index is 0.0166. The first-order valence-corrected chi connectivity index (χ1v) is 9.32. The summed E-state index contributed by atoms with van der Waals surface area (Å²) in [4.78, 5) is 26.8. The first-order chi connectivity index (χ1) is 13.5. The van der Waals surface area contributed by atoms with Crippen molar-refractivity contribution in [3.8, 4) is 17.2 Å². The number of carbonyl (C=O) groups is 2. The van der Waals surface area contributed by atoms with Crippen LogP contribution in [0.1, 0.15) is 5.56 Å². The molecule has 142 valence electrons. The largest absolute Gasteiger partial charge is 0.496 e. The summed E-state index contributed by atoms with van der Waals surface area (Å²) in [5.41, 5.74) is 0.964. The van der Waals surface area contributed by atoms with Crippen LogP contribution in [-0.4, -0.2) is 30.8 Å². The number of ether oxygens (including phenoxy) is 3. The number of carbonyl (C=O) groups excluding carboxylic acids is 2. The zero-order valence-electron chi connectivity index (χ0n) is 14.5. The van der Waals surface area contributed by atoms with Crippen molar-refractivity contribution in [2.45, 2.75) is 0 Å². The van der Waals surface area contributed by atoms with Gasteiger partial charge in [0.25, 0.3) is 11.8 Å². The van der Waals surface area contributed by atoms with Gasteiger partial charge in [0, 0.05) is 16.1 Å². The second-order valence-electron chi connectivity index (χ2n) is 5.89. The highest BCUT2D eigenvalue weighted by molar-refractivity contribution is 9.10. The Kier molecular flexibility index (Phi) is 4.78. The van der Waals surface area contributed by atoms with Crippen LogP contribution in [0.25, 0.3) is 6.08 Å². The van der Waals surface area contributed by atoms with Gasteiger partial charge in [0.05, 0.1) is 12.8 Å². The molecule has 2 aromatic rings. The van der Waals surface area contributed by atoms with E-state index in [9.17, 15) is 9.59 Å². The Morgan fingerprint density at radius 2 is 1.96 bits per heavy atom. The minimum Gasteiger partial charge on any atom is -0.496 e. The van der Waals surface area contributed by atoms with Crippen molar-refractivity contribution in [3.05, 3.63) is 52.0 Å². The monoisotopic (exact) mass is 460 g/mol. The average Bonchev–Trinajstić information content (AvgIpc) is 3.11. The summed E-state index contributed by atoms with van der Waals surface area (Å²) >= 11 is 8.58. The molecule has 0 radical (unpaired) electrons. The molecule has 0 bridgehead atoms. The summed E-state index contributed by atoms with van der Waals surface area (Å²) in [5.74, 6) is 0.373. The molecule has 7 nitrogen and oxygen atoms in total. The van der Waals surface area contributed by atoms with Gasteiger partial charge in [-0.2, -0.15) is 0 Å². The lowest BCUT2D eigenvalue weighted by molar-refractivity contribution is -0.122. The Balaban J connectivity index is 1.78. The molecule has 0 aromatic heterocycles. The van der Waals surface area contributed by atoms with E-state index in [2.05, 4.69) is 21.2 Å². The molecule has 1 N–H and O–H groups in total. The molecule has 9 heteroatoms. The number of halogens is 1. The molecule has 0 unspecified atom stereocenters. The maximum atomic E-state index is 13.1. The molecule has 1 fully saturated rings. The van der Waals surface area contributed by atoms with Crippen LogP contribution in [0.2, 0.25) is 0 Å². The molecule has 2 amide bonds. The number of nitrogens with zero attached hydrogens (tertiary/aromatic N) is 1. The van der Waals surface area contributed by atoms with E-state index in [1.807, 2.05) is 6.07 Å². The van der Waals surface area contributed by atoms with Gasteiger partial charge in [0.15, 0.2) is 16.6 Å². The Labute approximate surface area is 174 Å². The van der Waals surface area contributed by atoms with E-state index >= 15 is 0 Å². The van der Waals surface area contributed by atoms with E-state index in [1.54, 1.807) is 30.3 Å². The van der Waals surface area contributed by atoms with Crippen LogP contribution < -0.4 is 24.4 Å². The topological polar surface area (TPSA) is 77.1 Å². The summed E-state index contributed by atoms with van der Waals surface area (Å²) in [6.45, 7) is 0.100. The SMILES string of the molecule is COc1cc2c(cc1/C=C1/C(=O)NC(=S)N(c3cccc(Br)c3)C1=O)OCO2. The van der Waals surface area contributed by atoms with E-state index in [0.717, 1.165) is 4.47 Å². The van der Waals surface area contributed by atoms with Crippen molar-refractivity contribution in [1.82, 2.24) is 5.32 Å². The maximum absolute atomic E-state index is 13.1. The number of fused-ring (bicyclic) bond motifs is 1. The van der Waals surface area contributed by atoms with E-state index in [1.165, 1.54) is 18.1 Å². The quantitative estimate of drug-likeness (QED) is 0.430. The van der Waals surface area contributed by atoms with E-state index < -0.39 is 11.8 Å². The van der Waals surface area contributed by atoms with Crippen molar-refractivity contribution in [1.29, 1.82) is 0 Å². The second kappa shape index (κ2) is 7.25. The number of nitrogens with one attached hydrogen (secondary N) is 1. The summed E-state index contributed by atoms with van der Waals surface area (Å²) in [6, 6.07) is 10.4. The third kappa shape index (κ3) is 3.23. The van der Waals surface area contributed by atoms with Gasteiger partial charge in [-0.25, -0.2) is 0 Å². The second-order valence-corrected chi connectivity index (χ2v) is 7.19. The Morgan fingerprint density at radius 3 is 2.68 bits per heavy atom. The number of hydrogen-bond acceptors (Lipinski definition) is 6. The van der Waals surface area contributed by atoms with Crippen LogP contribution in [0.15, 0.2) is 46.4 Å². The molecular formula is C19H13BrN2O5S. The first kappa shape index (κ1) is 18.5. The zero-order valence-corrected chi connectivity index (χ0v) is 16.9. The summed E-state index contributed by atoms with van der Waals surface area (Å²) in [5, 5.41) is 2.57. The Hall–Kier alpha value is -2.91. The van der Waals surface area contributed by atoms with Crippen LogP contribution in [-0.2, 0) is 9.59 Å². The van der Waals surface area contributed by atoms with Gasteiger partial charge >= 0.3 is 0 Å². The highest BCUT2D eigenvalue weighted by Crippen LogP contribution is 2.39. The normalized spacial score (nSPS) is 17.1. The van der Waals surface area contributed by atoms with E-state index in [-0.39, 0.29) is 17.5 Å². The first-order valence-electron chi connectivity index (χ1n) is 8.12. The maximum Gasteiger partial charge on any atom is 0.270 e. The smallest absolute Gasteiger partial charge is 0.270 e. The van der Waals surface area contributed by atoms with Crippen molar-refractivity contribution in [2.24, 2.45) is 0 Å². The zero-order chi connectivity index (χ0) is 19.8. The molecule has 28 heavy (non-hydrogen) atoms. The molecule has 2 aliphatic heterocycles. The van der Waals surface area contributed by atoms with E-state index in [0.29, 0.717) is 28.5 Å². The van der Waals surface area contributed by atoms with Gasteiger partial charge in [-0.15, -0.1) is 0 Å². The van der Waals surface area contributed by atoms with Crippen LogP contribution in [0.3, 0.4) is 0 Å². The molecule has 0 atom stereocenters. The van der Waals surface area contributed by atoms with Crippen LogP contribution >= 0.6 is 28.1 Å². The van der Waals surface area contributed by atoms with Gasteiger partial charge < -0.3 is 14.2 Å². The number of benzene rings is 2. The van der Waals surface area contributed by atoms with Crippen molar-refractivity contribution < 1.29 is 23.8 Å². The van der Waals surface area contributed by atoms with Gasteiger partial charge in [-0.05, 0) is 42.6 Å². The number of anilines is 1. The summed E-state index contributed by atoms with van der Waals surface area (Å²) < 4.78 is 16.8. The summed E-state index contributed by atoms with van der Waals surface area (Å²) in [6.07, 6.45) is 1.45. The van der Waals surface area contributed by atoms with Crippen LogP contribution in [0, 0.1) is 0 Å². The van der Waals surface area contributed by atoms with E-state index in [4.69, 9.17) is 26.4 Å². The lowest BCUT2D eigenvalue weighted by Gasteiger charge is -2.29. The minimum atomic E-state index is -0.582. The lowest BCUT2D eigenvalue weighted by Crippen LogP contribution is -2.54. The highest BCUT2D eigenvalue weighted by Gasteiger charge is 2.35. The number of thiocarbonyl (C=S) groups is 1. The number of methoxy groups -OCH3 is 1. The van der Waals surface area contributed by atoms with Crippen molar-refractivity contribution in [3.63, 3.8) is 0 Å². The Morgan fingerprint density at radius 1 is 1.21 bits per heavy atom. The average molecular weight is 461 g/mol. The molecule has 0 spiro atoms. The van der Waals surface area contributed by atoms with Gasteiger partial charge in [-0.3, -0.25) is 19.8 Å². The predicted octanol–water partition coefficient (Wildman–Crippen LogP) is 3.02. The molecule has 0 saturated carbocycles. The van der Waals surface area contributed by atoms with Gasteiger partial charge in [0.2, 0.25) is 6.79 Å². The predicted molar refractivity (Wildman–Crippen MR) is 109 cm³/mol. The molecule has 0 aliphatic carbocycles. The third-order valence-corrected chi connectivity index (χ3v) is 4.97. The van der Waals surface area contributed by atoms with Gasteiger partial charge in [-0.1, -0.05) is 22.0 Å². The highest BCUT2D eigenvalue weighted by atomic mass is 79.9. The lowest BCUT2D eigenvalue weighted by atomic mass is 10.1. The fourth-order valence-electron chi connectivity index (χ4n) is 2.89. The standard InChI is InChI=1S/C19H13BrN2O5S/c1-25-14-8-16-15(26-9-27-16)6-10(14)5-13-17(23)21-19(28)22(18(13)24)12-4-2-3-11(20)7-12/h2-8H,9H2,1H3,(H,21,23,28)/b13-5-. The third-order valence-electron chi connectivity index (χ3n) is 4.19. The Bertz CT molecular complexity index is 1050. The fraction of sp³-hybridized carbons (Fsp3) is 0.105. The van der Waals surface area contributed by atoms with Crippen LogP contribution in [0.4, 0.5) is 5.69 Å².